The van der Waals surface area contributed by atoms with Crippen LogP contribution in [0.2, 0.25) is 0 Å². The van der Waals surface area contributed by atoms with E-state index in [0.29, 0.717) is 0 Å². The fourth-order valence-electron chi connectivity index (χ4n) is 5.33. The van der Waals surface area contributed by atoms with Crippen LogP contribution in [0.5, 0.6) is 0 Å². The van der Waals surface area contributed by atoms with E-state index in [9.17, 15) is 33.6 Å². The molecular formula is C32H40O17S. The molecule has 0 amide bonds. The van der Waals surface area contributed by atoms with Gasteiger partial charge in [-0.3, -0.25) is 33.6 Å². The second-order valence-corrected chi connectivity index (χ2v) is 11.5. The average molecular weight is 733 g/mol. The molecule has 2 aliphatic heterocycles. The summed E-state index contributed by atoms with van der Waals surface area (Å²) in [6, 6.07) is 8.02. The highest BCUT2D eigenvalue weighted by Crippen LogP contribution is 2.46. The first-order valence-electron chi connectivity index (χ1n) is 17.6. The summed E-state index contributed by atoms with van der Waals surface area (Å²) in [6.07, 6.45) is -16.0. The van der Waals surface area contributed by atoms with Crippen molar-refractivity contribution in [3.63, 3.8) is 0 Å². The lowest BCUT2D eigenvalue weighted by molar-refractivity contribution is -0.348. The smallest absolute Gasteiger partial charge is 0.303 e. The maximum atomic E-state index is 12.7. The van der Waals surface area contributed by atoms with Crippen LogP contribution in [0.3, 0.4) is 0 Å². The zero-order chi connectivity index (χ0) is 40.2. The molecule has 276 valence electrons. The Morgan fingerprint density at radius 2 is 1.16 bits per heavy atom. The molecule has 17 nitrogen and oxygen atoms in total. The highest BCUT2D eigenvalue weighted by Gasteiger charge is 2.61. The lowest BCUT2D eigenvalue weighted by Gasteiger charge is -2.51. The van der Waals surface area contributed by atoms with E-state index in [1.54, 1.807) is 30.3 Å². The van der Waals surface area contributed by atoms with Crippen molar-refractivity contribution in [2.24, 2.45) is 0 Å². The third-order valence-electron chi connectivity index (χ3n) is 7.03. The van der Waals surface area contributed by atoms with E-state index < -0.39 is 143 Å². The van der Waals surface area contributed by atoms with Gasteiger partial charge in [-0.05, 0) is 5.56 Å². The van der Waals surface area contributed by atoms with Gasteiger partial charge in [0, 0.05) is 53.9 Å². The van der Waals surface area contributed by atoms with Crippen LogP contribution in [0, 0.1) is 0 Å². The molecule has 0 bridgehead atoms. The van der Waals surface area contributed by atoms with Gasteiger partial charge in [0.05, 0.1) is 0 Å². The van der Waals surface area contributed by atoms with Gasteiger partial charge in [-0.1, -0.05) is 30.3 Å². The van der Waals surface area contributed by atoms with Crippen LogP contribution >= 0.6 is 12.6 Å². The lowest BCUT2D eigenvalue weighted by atomic mass is 9.89. The van der Waals surface area contributed by atoms with Crippen molar-refractivity contribution in [2.75, 3.05) is 13.2 Å². The Morgan fingerprint density at radius 3 is 1.72 bits per heavy atom. The summed E-state index contributed by atoms with van der Waals surface area (Å²) >= 11 is 4.75. The molecule has 1 unspecified atom stereocenters. The fraction of sp³-hybridized carbons (Fsp3) is 0.594. The number of benzene rings is 1. The van der Waals surface area contributed by atoms with Crippen LogP contribution in [0.25, 0.3) is 0 Å². The molecule has 50 heavy (non-hydrogen) atoms. The zero-order valence-electron chi connectivity index (χ0n) is 31.2. The fourth-order valence-corrected chi connectivity index (χ4v) is 5.81. The van der Waals surface area contributed by atoms with Crippen LogP contribution in [0.4, 0.5) is 0 Å². The number of esters is 7. The number of carbonyl (C=O) groups is 7. The SMILES string of the molecule is [2H]CC(=O)OC[C@H]1OC(O[C@H]2[C@H](OC(C)=O)[C@@H](OC(C)=O)[C@@](S)(c3ccccc3)O[C@@H]2COC(C)=O)[C@H](OC(=O)C[2H])[C@@H](OC(=O)C[2H])[C@@H]1OC(=O)C[2H]. The van der Waals surface area contributed by atoms with E-state index in [4.69, 9.17) is 65.5 Å². The third-order valence-corrected chi connectivity index (χ3v) is 7.65. The van der Waals surface area contributed by atoms with Gasteiger partial charge in [0.2, 0.25) is 0 Å². The van der Waals surface area contributed by atoms with Crippen molar-refractivity contribution in [1.29, 1.82) is 0 Å². The van der Waals surface area contributed by atoms with Crippen molar-refractivity contribution < 1.29 is 86.4 Å². The van der Waals surface area contributed by atoms with Gasteiger partial charge in [0.1, 0.15) is 31.5 Å². The van der Waals surface area contributed by atoms with Gasteiger partial charge in [-0.25, -0.2) is 0 Å². The summed E-state index contributed by atoms with van der Waals surface area (Å²) in [7, 11) is 0. The maximum absolute atomic E-state index is 12.7. The Labute approximate surface area is 298 Å². The number of rotatable bonds is 12. The minimum atomic E-state index is -2.02. The predicted molar refractivity (Wildman–Crippen MR) is 167 cm³/mol. The molecule has 0 N–H and O–H groups in total. The Balaban J connectivity index is 2.27. The van der Waals surface area contributed by atoms with Crippen molar-refractivity contribution in [3.8, 4) is 0 Å². The first kappa shape index (κ1) is 34.2. The first-order chi connectivity index (χ1) is 25.6. The van der Waals surface area contributed by atoms with Crippen molar-refractivity contribution in [1.82, 2.24) is 0 Å². The third kappa shape index (κ3) is 10.6. The summed E-state index contributed by atoms with van der Waals surface area (Å²) in [4.78, 5) is 85.0. The van der Waals surface area contributed by atoms with E-state index in [0.717, 1.165) is 20.8 Å². The highest BCUT2D eigenvalue weighted by molar-refractivity contribution is 7.81. The minimum absolute atomic E-state index is 0.289. The van der Waals surface area contributed by atoms with Gasteiger partial charge in [0.15, 0.2) is 41.7 Å². The lowest BCUT2D eigenvalue weighted by Crippen LogP contribution is -2.68. The summed E-state index contributed by atoms with van der Waals surface area (Å²) in [5.41, 5.74) is 0.289. The van der Waals surface area contributed by atoms with E-state index in [2.05, 4.69) is 0 Å². The highest BCUT2D eigenvalue weighted by atomic mass is 32.1. The van der Waals surface area contributed by atoms with Crippen LogP contribution in [-0.4, -0.2) is 110 Å². The van der Waals surface area contributed by atoms with Gasteiger partial charge in [0.25, 0.3) is 0 Å². The average Bonchev–Trinajstić information content (AvgIpc) is 3.14. The van der Waals surface area contributed by atoms with Crippen LogP contribution in [0.15, 0.2) is 30.3 Å². The molecule has 3 rings (SSSR count). The summed E-state index contributed by atoms with van der Waals surface area (Å²) in [6.45, 7) is -2.09. The molecule has 0 spiro atoms. The largest absolute Gasteiger partial charge is 0.463 e. The number of carbonyl (C=O) groups excluding carboxylic acids is 7. The molecule has 2 heterocycles. The first-order valence-corrected chi connectivity index (χ1v) is 15.2. The number of hydrogen-bond acceptors (Lipinski definition) is 18. The van der Waals surface area contributed by atoms with Gasteiger partial charge < -0.3 is 47.4 Å². The van der Waals surface area contributed by atoms with E-state index in [1.807, 2.05) is 0 Å². The second kappa shape index (κ2) is 17.6. The van der Waals surface area contributed by atoms with Crippen LogP contribution < -0.4 is 0 Å². The molecule has 0 radical (unpaired) electrons. The van der Waals surface area contributed by atoms with Gasteiger partial charge in [-0.2, -0.15) is 0 Å². The van der Waals surface area contributed by atoms with Crippen LogP contribution in [0.1, 0.15) is 59.4 Å². The molecule has 1 aromatic carbocycles. The topological polar surface area (TPSA) is 212 Å². The molecule has 2 aliphatic rings. The molecule has 18 heteroatoms. The predicted octanol–water partition coefficient (Wildman–Crippen LogP) is 1.06. The number of hydrogen-bond donors (Lipinski definition) is 1. The van der Waals surface area contributed by atoms with Crippen molar-refractivity contribution in [2.45, 2.75) is 108 Å². The summed E-state index contributed by atoms with van der Waals surface area (Å²) < 4.78 is 86.2. The Hall–Kier alpha value is -4.26. The zero-order valence-corrected chi connectivity index (χ0v) is 28.1. The molecule has 1 aromatic rings. The van der Waals surface area contributed by atoms with Crippen LogP contribution in [-0.2, 0) is 85.9 Å². The van der Waals surface area contributed by atoms with E-state index in [1.165, 1.54) is 0 Å². The maximum Gasteiger partial charge on any atom is 0.303 e. The van der Waals surface area contributed by atoms with Gasteiger partial charge >= 0.3 is 41.8 Å². The number of thiol groups is 1. The summed E-state index contributed by atoms with van der Waals surface area (Å²) in [5, 5.41) is 0. The Morgan fingerprint density at radius 1 is 0.640 bits per heavy atom. The molecular weight excluding hydrogens is 688 g/mol. The molecule has 0 aliphatic carbocycles. The van der Waals surface area contributed by atoms with Crippen molar-refractivity contribution >= 4 is 54.4 Å². The molecule has 2 saturated heterocycles. The molecule has 0 aromatic heterocycles. The number of ether oxygens (including phenoxy) is 10. The Bertz CT molecular complexity index is 1500. The quantitative estimate of drug-likeness (QED) is 0.181. The van der Waals surface area contributed by atoms with Crippen molar-refractivity contribution in [3.05, 3.63) is 35.9 Å². The van der Waals surface area contributed by atoms with E-state index >= 15 is 0 Å². The Kier molecular flexibility index (Phi) is 12.0. The van der Waals surface area contributed by atoms with E-state index in [-0.39, 0.29) is 5.56 Å². The molecule has 0 saturated carbocycles. The molecule has 2 fully saturated rings. The minimum Gasteiger partial charge on any atom is -0.463 e. The molecule has 10 atom stereocenters. The monoisotopic (exact) mass is 732 g/mol. The second-order valence-electron chi connectivity index (χ2n) is 10.8. The standard InChI is InChI=1S/C32H40O17S/c1-15(33)40-13-23-25(42-17(3)35)27(43-18(4)36)29(45-20(6)38)31(47-23)48-26-24(14-41-16(2)34)49-32(50,22-11-9-8-10-12-22)30(46-21(7)39)28(26)44-19(5)37/h8-12,23-31,50H,13-14H2,1-7H3/t23-,24-,25-,26-,27+,28+,29-,30-,31?,32+/m1/s1/i1D,3D,4D,6D. The summed E-state index contributed by atoms with van der Waals surface area (Å²) in [5.74, 6) is -7.39. The van der Waals surface area contributed by atoms with Gasteiger partial charge in [-0.15, -0.1) is 12.6 Å². The normalized spacial score (nSPS) is 31.6.